The number of carbonyl (C=O) groups excluding carboxylic acids is 1. The van der Waals surface area contributed by atoms with Gasteiger partial charge in [0.1, 0.15) is 9.77 Å². The van der Waals surface area contributed by atoms with E-state index in [9.17, 15) is 13.2 Å². The molecule has 3 rings (SSSR count). The summed E-state index contributed by atoms with van der Waals surface area (Å²) in [5.74, 6) is -0.193. The lowest BCUT2D eigenvalue weighted by Gasteiger charge is -2.24. The summed E-state index contributed by atoms with van der Waals surface area (Å²) in [6.07, 6.45) is 2.68. The van der Waals surface area contributed by atoms with Crippen LogP contribution in [0.25, 0.3) is 0 Å². The fraction of sp³-hybridized carbons (Fsp3) is 0.643. The number of carbonyl (C=O) groups is 1. The van der Waals surface area contributed by atoms with Gasteiger partial charge in [-0.3, -0.25) is 4.79 Å². The second kappa shape index (κ2) is 7.48. The highest BCUT2D eigenvalue weighted by Gasteiger charge is 2.34. The molecule has 0 aromatic carbocycles. The summed E-state index contributed by atoms with van der Waals surface area (Å²) in [7, 11) is -1.79. The lowest BCUT2D eigenvalue weighted by Crippen LogP contribution is -2.39. The molecule has 1 N–H and O–H groups in total. The lowest BCUT2D eigenvalue weighted by atomic mass is 10.2. The van der Waals surface area contributed by atoms with Crippen molar-refractivity contribution in [3.05, 3.63) is 16.3 Å². The van der Waals surface area contributed by atoms with E-state index in [-0.39, 0.29) is 29.3 Å². The summed E-state index contributed by atoms with van der Waals surface area (Å²) < 4.78 is 26.9. The Morgan fingerprint density at radius 3 is 2.70 bits per heavy atom. The van der Waals surface area contributed by atoms with Crippen LogP contribution in [0.15, 0.2) is 16.3 Å². The minimum Gasteiger partial charge on any atom is -0.337 e. The van der Waals surface area contributed by atoms with E-state index in [1.165, 1.54) is 15.6 Å². The fourth-order valence-corrected chi connectivity index (χ4v) is 5.91. The molecule has 1 unspecified atom stereocenters. The molecule has 0 radical (unpaired) electrons. The van der Waals surface area contributed by atoms with Crippen LogP contribution in [0.3, 0.4) is 0 Å². The maximum absolute atomic E-state index is 12.7. The second-order valence-electron chi connectivity index (χ2n) is 5.79. The molecule has 1 aromatic rings. The topological polar surface area (TPSA) is 69.7 Å². The summed E-state index contributed by atoms with van der Waals surface area (Å²) in [5, 5.41) is 4.92. The van der Waals surface area contributed by atoms with Gasteiger partial charge in [-0.15, -0.1) is 23.7 Å². The van der Waals surface area contributed by atoms with Crippen LogP contribution in [-0.2, 0) is 10.0 Å². The maximum Gasteiger partial charge on any atom is 0.265 e. The van der Waals surface area contributed by atoms with Crippen molar-refractivity contribution < 1.29 is 13.2 Å². The molecule has 3 heterocycles. The smallest absolute Gasteiger partial charge is 0.265 e. The average Bonchev–Trinajstić information content (AvgIpc) is 3.27. The Kier molecular flexibility index (Phi) is 6.07. The van der Waals surface area contributed by atoms with Crippen LogP contribution in [0.5, 0.6) is 0 Å². The van der Waals surface area contributed by atoms with Crippen molar-refractivity contribution in [1.29, 1.82) is 0 Å². The Labute approximate surface area is 147 Å². The molecule has 9 heteroatoms. The van der Waals surface area contributed by atoms with Crippen molar-refractivity contribution in [2.24, 2.45) is 0 Å². The number of likely N-dealkylation sites (N-methyl/N-ethyl adjacent to an activating group) is 1. The number of nitrogens with zero attached hydrogens (tertiary/aromatic N) is 2. The molecule has 23 heavy (non-hydrogen) atoms. The monoisotopic (exact) mass is 379 g/mol. The van der Waals surface area contributed by atoms with Crippen LogP contribution in [0, 0.1) is 0 Å². The van der Waals surface area contributed by atoms with E-state index in [4.69, 9.17) is 0 Å². The van der Waals surface area contributed by atoms with Crippen LogP contribution in [0.2, 0.25) is 0 Å². The summed E-state index contributed by atoms with van der Waals surface area (Å²) in [4.78, 5) is 14.9. The van der Waals surface area contributed by atoms with Gasteiger partial charge in [-0.2, -0.15) is 4.31 Å². The van der Waals surface area contributed by atoms with Crippen molar-refractivity contribution in [2.45, 2.75) is 30.2 Å². The van der Waals surface area contributed by atoms with E-state index in [1.54, 1.807) is 23.4 Å². The normalized spacial score (nSPS) is 22.0. The van der Waals surface area contributed by atoms with Gasteiger partial charge in [0.15, 0.2) is 0 Å². The van der Waals surface area contributed by atoms with Gasteiger partial charge in [0, 0.05) is 32.7 Å². The predicted octanol–water partition coefficient (Wildman–Crippen LogP) is 1.39. The van der Waals surface area contributed by atoms with Gasteiger partial charge in [-0.1, -0.05) is 0 Å². The lowest BCUT2D eigenvalue weighted by molar-refractivity contribution is 0.0745. The van der Waals surface area contributed by atoms with Crippen LogP contribution in [0.1, 0.15) is 28.9 Å². The quantitative estimate of drug-likeness (QED) is 0.858. The zero-order valence-corrected chi connectivity index (χ0v) is 15.5. The first-order valence-electron chi connectivity index (χ1n) is 7.57. The standard InChI is InChI=1S/C14H21N3O3S2.ClH/c1-16(11-4-6-15-10-11)14(18)13-12(5-9-21-13)22(19,20)17-7-2-3-8-17;/h5,9,11,15H,2-4,6-8,10H2,1H3;1H. The largest absolute Gasteiger partial charge is 0.337 e. The number of halogens is 1. The van der Waals surface area contributed by atoms with Gasteiger partial charge < -0.3 is 10.2 Å². The highest BCUT2D eigenvalue weighted by atomic mass is 35.5. The number of thiophene rings is 1. The molecule has 0 spiro atoms. The van der Waals surface area contributed by atoms with Gasteiger partial charge in [-0.25, -0.2) is 8.42 Å². The SMILES string of the molecule is CN(C(=O)c1sccc1S(=O)(=O)N1CCCC1)C1CCNC1.Cl. The number of hydrogen-bond donors (Lipinski definition) is 1. The molecule has 0 bridgehead atoms. The molecule has 0 saturated carbocycles. The third kappa shape index (κ3) is 3.56. The van der Waals surface area contributed by atoms with E-state index in [2.05, 4.69) is 5.32 Å². The Morgan fingerprint density at radius 2 is 2.09 bits per heavy atom. The van der Waals surface area contributed by atoms with Crippen LogP contribution >= 0.6 is 23.7 Å². The van der Waals surface area contributed by atoms with Crippen molar-refractivity contribution in [2.75, 3.05) is 33.2 Å². The Hall–Kier alpha value is -0.670. The zero-order chi connectivity index (χ0) is 15.7. The van der Waals surface area contributed by atoms with E-state index >= 15 is 0 Å². The van der Waals surface area contributed by atoms with Gasteiger partial charge in [-0.05, 0) is 37.3 Å². The van der Waals surface area contributed by atoms with E-state index < -0.39 is 10.0 Å². The first-order chi connectivity index (χ1) is 10.5. The molecule has 1 aromatic heterocycles. The van der Waals surface area contributed by atoms with Crippen molar-refractivity contribution in [1.82, 2.24) is 14.5 Å². The molecular formula is C14H22ClN3O3S2. The van der Waals surface area contributed by atoms with Crippen LogP contribution < -0.4 is 5.32 Å². The minimum atomic E-state index is -3.55. The Bertz CT molecular complexity index is 650. The molecule has 0 aliphatic carbocycles. The molecule has 6 nitrogen and oxygen atoms in total. The van der Waals surface area contributed by atoms with E-state index in [0.29, 0.717) is 18.0 Å². The van der Waals surface area contributed by atoms with Crippen LogP contribution in [-0.4, -0.2) is 62.8 Å². The molecule has 2 aliphatic rings. The van der Waals surface area contributed by atoms with Gasteiger partial charge in [0.05, 0.1) is 0 Å². The van der Waals surface area contributed by atoms with E-state index in [0.717, 1.165) is 32.4 Å². The number of amides is 1. The maximum atomic E-state index is 12.7. The number of nitrogens with one attached hydrogen (secondary N) is 1. The highest BCUT2D eigenvalue weighted by molar-refractivity contribution is 7.89. The molecular weight excluding hydrogens is 358 g/mol. The molecule has 2 aliphatic heterocycles. The third-order valence-corrected chi connectivity index (χ3v) is 7.38. The molecule has 2 saturated heterocycles. The fourth-order valence-electron chi connectivity index (χ4n) is 3.02. The zero-order valence-electron chi connectivity index (χ0n) is 13.0. The van der Waals surface area contributed by atoms with Crippen molar-refractivity contribution >= 4 is 39.7 Å². The molecule has 1 amide bonds. The minimum absolute atomic E-state index is 0. The average molecular weight is 380 g/mol. The predicted molar refractivity (Wildman–Crippen MR) is 92.9 cm³/mol. The molecule has 2 fully saturated rings. The highest BCUT2D eigenvalue weighted by Crippen LogP contribution is 2.29. The molecule has 1 atom stereocenters. The van der Waals surface area contributed by atoms with Gasteiger partial charge in [0.25, 0.3) is 5.91 Å². The van der Waals surface area contributed by atoms with Gasteiger partial charge in [0.2, 0.25) is 10.0 Å². The van der Waals surface area contributed by atoms with Gasteiger partial charge >= 0.3 is 0 Å². The summed E-state index contributed by atoms with van der Waals surface area (Å²) in [6.45, 7) is 2.76. The third-order valence-electron chi connectivity index (χ3n) is 4.41. The summed E-state index contributed by atoms with van der Waals surface area (Å²) in [5.41, 5.74) is 0. The first kappa shape index (κ1) is 18.7. The van der Waals surface area contributed by atoms with Crippen molar-refractivity contribution in [3.8, 4) is 0 Å². The summed E-state index contributed by atoms with van der Waals surface area (Å²) in [6, 6.07) is 1.70. The Morgan fingerprint density at radius 1 is 1.39 bits per heavy atom. The summed E-state index contributed by atoms with van der Waals surface area (Å²) >= 11 is 1.21. The first-order valence-corrected chi connectivity index (χ1v) is 9.89. The van der Waals surface area contributed by atoms with E-state index in [1.807, 2.05) is 0 Å². The number of rotatable bonds is 4. The number of sulfonamides is 1. The Balaban J connectivity index is 0.00000192. The van der Waals surface area contributed by atoms with Crippen molar-refractivity contribution in [3.63, 3.8) is 0 Å². The second-order valence-corrected chi connectivity index (χ2v) is 8.61. The molecule has 130 valence electrons. The number of hydrogen-bond acceptors (Lipinski definition) is 5. The van der Waals surface area contributed by atoms with Crippen LogP contribution in [0.4, 0.5) is 0 Å².